The van der Waals surface area contributed by atoms with Crippen molar-refractivity contribution >= 4 is 23.4 Å². The molecule has 0 saturated heterocycles. The van der Waals surface area contributed by atoms with Gasteiger partial charge in [0.15, 0.2) is 0 Å². The maximum Gasteiger partial charge on any atom is 0.253 e. The van der Waals surface area contributed by atoms with E-state index in [4.69, 9.17) is 16.3 Å². The molecule has 2 amide bonds. The summed E-state index contributed by atoms with van der Waals surface area (Å²) in [4.78, 5) is 28.6. The summed E-state index contributed by atoms with van der Waals surface area (Å²) in [5.74, 6) is -0.334. The van der Waals surface area contributed by atoms with Crippen LogP contribution in [0.5, 0.6) is 5.75 Å². The number of ether oxygens (including phenoxy) is 1. The summed E-state index contributed by atoms with van der Waals surface area (Å²) < 4.78 is 19.4. The zero-order valence-corrected chi connectivity index (χ0v) is 25.5. The quantitative estimate of drug-likeness (QED) is 0.214. The highest BCUT2D eigenvalue weighted by atomic mass is 35.5. The second-order valence-corrected chi connectivity index (χ2v) is 10.9. The average Bonchev–Trinajstić information content (AvgIpc) is 2.95. The number of amides is 2. The predicted octanol–water partition coefficient (Wildman–Crippen LogP) is 5.55. The van der Waals surface area contributed by atoms with E-state index in [1.54, 1.807) is 36.3 Å². The Morgan fingerprint density at radius 3 is 2.38 bits per heavy atom. The van der Waals surface area contributed by atoms with Crippen molar-refractivity contribution in [2.24, 2.45) is 0 Å². The zero-order valence-electron chi connectivity index (χ0n) is 24.8. The molecule has 0 aliphatic rings. The average molecular weight is 598 g/mol. The largest absolute Gasteiger partial charge is 0.497 e. The minimum absolute atomic E-state index is 0.121. The van der Waals surface area contributed by atoms with Crippen molar-refractivity contribution in [2.75, 3.05) is 26.7 Å². The lowest BCUT2D eigenvalue weighted by Gasteiger charge is -2.25. The molecular weight excluding hydrogens is 557 g/mol. The Kier molecular flexibility index (Phi) is 12.8. The third-order valence-corrected chi connectivity index (χ3v) is 7.05. The molecule has 0 aromatic heterocycles. The third kappa shape index (κ3) is 9.82. The minimum atomic E-state index is -1.02. The molecule has 0 spiro atoms. The van der Waals surface area contributed by atoms with Crippen LogP contribution in [-0.2, 0) is 13.0 Å². The van der Waals surface area contributed by atoms with Gasteiger partial charge in [0.1, 0.15) is 11.6 Å². The summed E-state index contributed by atoms with van der Waals surface area (Å²) in [5.41, 5.74) is 3.03. The molecule has 2 atom stereocenters. The number of carbonyl (C=O) groups excluding carboxylic acids is 2. The van der Waals surface area contributed by atoms with Gasteiger partial charge in [-0.3, -0.25) is 9.59 Å². The van der Waals surface area contributed by atoms with Crippen molar-refractivity contribution in [3.05, 3.63) is 99.3 Å². The zero-order chi connectivity index (χ0) is 30.6. The fourth-order valence-electron chi connectivity index (χ4n) is 4.88. The van der Waals surface area contributed by atoms with E-state index >= 15 is 0 Å². The van der Waals surface area contributed by atoms with Gasteiger partial charge in [0.05, 0.1) is 19.3 Å². The summed E-state index contributed by atoms with van der Waals surface area (Å²) >= 11 is 6.08. The fraction of sp³-hybridized carbons (Fsp3) is 0.394. The number of nitrogens with one attached hydrogen (secondary N) is 2. The first-order valence-electron chi connectivity index (χ1n) is 14.3. The van der Waals surface area contributed by atoms with Gasteiger partial charge in [0.25, 0.3) is 11.8 Å². The molecule has 9 heteroatoms. The van der Waals surface area contributed by atoms with E-state index in [1.807, 2.05) is 45.0 Å². The number of methoxy groups -OCH3 is 1. The van der Waals surface area contributed by atoms with Crippen molar-refractivity contribution in [3.63, 3.8) is 0 Å². The highest BCUT2D eigenvalue weighted by Crippen LogP contribution is 2.18. The van der Waals surface area contributed by atoms with Gasteiger partial charge in [0, 0.05) is 42.3 Å². The number of benzene rings is 3. The summed E-state index contributed by atoms with van der Waals surface area (Å²) in [6, 6.07) is 16.0. The summed E-state index contributed by atoms with van der Waals surface area (Å²) in [7, 11) is 1.60. The van der Waals surface area contributed by atoms with E-state index in [9.17, 15) is 19.1 Å². The van der Waals surface area contributed by atoms with Crippen LogP contribution in [0.3, 0.4) is 0 Å². The lowest BCUT2D eigenvalue weighted by Crippen LogP contribution is -2.48. The molecule has 3 aromatic rings. The van der Waals surface area contributed by atoms with Crippen LogP contribution in [0.2, 0.25) is 5.02 Å². The van der Waals surface area contributed by atoms with E-state index in [2.05, 4.69) is 10.6 Å². The van der Waals surface area contributed by atoms with Crippen LogP contribution >= 0.6 is 11.6 Å². The van der Waals surface area contributed by atoms with Gasteiger partial charge in [-0.1, -0.05) is 37.6 Å². The Labute approximate surface area is 253 Å². The molecule has 7 nitrogen and oxygen atoms in total. The Morgan fingerprint density at radius 1 is 1.00 bits per heavy atom. The van der Waals surface area contributed by atoms with Crippen molar-refractivity contribution in [1.82, 2.24) is 15.5 Å². The number of rotatable bonds is 15. The number of nitrogens with zero attached hydrogens (tertiary/aromatic N) is 1. The number of hydrogen-bond donors (Lipinski definition) is 3. The van der Waals surface area contributed by atoms with Crippen molar-refractivity contribution in [1.29, 1.82) is 0 Å². The second-order valence-electron chi connectivity index (χ2n) is 10.5. The lowest BCUT2D eigenvalue weighted by atomic mass is 9.99. The number of aryl methyl sites for hydroxylation is 1. The van der Waals surface area contributed by atoms with Gasteiger partial charge in [-0.15, -0.1) is 0 Å². The van der Waals surface area contributed by atoms with E-state index in [1.165, 1.54) is 12.1 Å². The van der Waals surface area contributed by atoms with E-state index < -0.39 is 23.9 Å². The molecule has 3 rings (SSSR count). The first kappa shape index (κ1) is 33.0. The lowest BCUT2D eigenvalue weighted by molar-refractivity contribution is 0.0755. The molecule has 0 aliphatic heterocycles. The molecular formula is C33H41ClFN3O4. The Bertz CT molecular complexity index is 1330. The Morgan fingerprint density at radius 2 is 1.71 bits per heavy atom. The third-order valence-electron chi connectivity index (χ3n) is 6.84. The molecule has 0 aliphatic carbocycles. The van der Waals surface area contributed by atoms with Crippen LogP contribution in [0, 0.1) is 12.7 Å². The summed E-state index contributed by atoms with van der Waals surface area (Å²) in [5, 5.41) is 17.5. The first-order valence-corrected chi connectivity index (χ1v) is 14.7. The van der Waals surface area contributed by atoms with Gasteiger partial charge in [0.2, 0.25) is 0 Å². The smallest absolute Gasteiger partial charge is 0.253 e. The molecule has 0 saturated carbocycles. The molecule has 42 heavy (non-hydrogen) atoms. The monoisotopic (exact) mass is 597 g/mol. The van der Waals surface area contributed by atoms with Gasteiger partial charge < -0.3 is 25.4 Å². The van der Waals surface area contributed by atoms with E-state index in [0.29, 0.717) is 36.3 Å². The standard InChI is InChI=1S/C33H41ClFN3O4/c1-5-10-38(11-6-2)33(41)26-13-22(3)12-25(18-26)32(40)37-30(17-24-14-27(34)19-28(35)15-24)31(39)21-36-20-23-8-7-9-29(16-23)42-4/h7-9,12-16,18-19,30-31,36,39H,5-6,10-11,17,20-21H2,1-4H3,(H,37,40)/t30-,31+/m0/s1. The highest BCUT2D eigenvalue weighted by molar-refractivity contribution is 6.30. The Balaban J connectivity index is 1.80. The molecule has 0 bridgehead atoms. The van der Waals surface area contributed by atoms with Gasteiger partial charge in [-0.25, -0.2) is 4.39 Å². The molecule has 3 aromatic carbocycles. The van der Waals surface area contributed by atoms with Crippen LogP contribution in [0.15, 0.2) is 60.7 Å². The number of halogens is 2. The topological polar surface area (TPSA) is 90.9 Å². The minimum Gasteiger partial charge on any atom is -0.497 e. The van der Waals surface area contributed by atoms with E-state index in [0.717, 1.165) is 29.7 Å². The van der Waals surface area contributed by atoms with Gasteiger partial charge in [-0.05, 0) is 91.4 Å². The fourth-order valence-corrected chi connectivity index (χ4v) is 5.13. The molecule has 3 N–H and O–H groups in total. The number of hydrogen-bond acceptors (Lipinski definition) is 5. The van der Waals surface area contributed by atoms with Crippen LogP contribution in [0.1, 0.15) is 64.1 Å². The maximum atomic E-state index is 14.1. The SMILES string of the molecule is CCCN(CCC)C(=O)c1cc(C)cc(C(=O)N[C@@H](Cc2cc(F)cc(Cl)c2)[C@H](O)CNCc2cccc(OC)c2)c1. The number of aliphatic hydroxyl groups excluding tert-OH is 1. The molecule has 0 radical (unpaired) electrons. The first-order chi connectivity index (χ1) is 20.1. The molecule has 226 valence electrons. The molecule has 0 fully saturated rings. The van der Waals surface area contributed by atoms with E-state index in [-0.39, 0.29) is 23.9 Å². The Hall–Kier alpha value is -3.46. The van der Waals surface area contributed by atoms with Crippen LogP contribution in [0.25, 0.3) is 0 Å². The number of carbonyl (C=O) groups is 2. The maximum absolute atomic E-state index is 14.1. The van der Waals surface area contributed by atoms with Gasteiger partial charge in [-0.2, -0.15) is 0 Å². The summed E-state index contributed by atoms with van der Waals surface area (Å²) in [6.07, 6.45) is 0.793. The van der Waals surface area contributed by atoms with Crippen molar-refractivity contribution in [2.45, 2.75) is 58.7 Å². The molecule has 0 unspecified atom stereocenters. The second kappa shape index (κ2) is 16.2. The van der Waals surface area contributed by atoms with Crippen molar-refractivity contribution < 1.29 is 23.8 Å². The summed E-state index contributed by atoms with van der Waals surface area (Å²) in [6.45, 7) is 7.77. The normalized spacial score (nSPS) is 12.5. The van der Waals surface area contributed by atoms with Gasteiger partial charge >= 0.3 is 0 Å². The predicted molar refractivity (Wildman–Crippen MR) is 165 cm³/mol. The van der Waals surface area contributed by atoms with Crippen molar-refractivity contribution in [3.8, 4) is 5.75 Å². The van der Waals surface area contributed by atoms with Crippen LogP contribution in [0.4, 0.5) is 4.39 Å². The molecule has 0 heterocycles. The number of aliphatic hydroxyl groups is 1. The highest BCUT2D eigenvalue weighted by Gasteiger charge is 2.24. The van der Waals surface area contributed by atoms with Crippen LogP contribution < -0.4 is 15.4 Å². The van der Waals surface area contributed by atoms with Crippen LogP contribution in [-0.4, -0.2) is 60.7 Å².